The fourth-order valence-corrected chi connectivity index (χ4v) is 1.96. The first-order chi connectivity index (χ1) is 9.60. The summed E-state index contributed by atoms with van der Waals surface area (Å²) in [5, 5.41) is 9.99. The van der Waals surface area contributed by atoms with Gasteiger partial charge in [-0.1, -0.05) is 23.7 Å². The van der Waals surface area contributed by atoms with Crippen LogP contribution in [0.3, 0.4) is 0 Å². The van der Waals surface area contributed by atoms with Crippen LogP contribution in [0.25, 0.3) is 0 Å². The maximum absolute atomic E-state index is 11.4. The molecule has 2 rings (SSSR count). The molecule has 0 fully saturated rings. The number of aliphatic carboxylic acids is 1. The molecule has 104 valence electrons. The van der Waals surface area contributed by atoms with Crippen LogP contribution in [0.5, 0.6) is 5.88 Å². The van der Waals surface area contributed by atoms with Gasteiger partial charge in [-0.05, 0) is 24.1 Å². The topological polar surface area (TPSA) is 72.3 Å². The molecule has 0 radical (unpaired) electrons. The van der Waals surface area contributed by atoms with E-state index in [1.165, 1.54) is 19.5 Å². The summed E-state index contributed by atoms with van der Waals surface area (Å²) in [5.41, 5.74) is 1.29. The van der Waals surface area contributed by atoms with Crippen molar-refractivity contribution in [1.82, 2.24) is 9.97 Å². The van der Waals surface area contributed by atoms with Crippen LogP contribution in [0.15, 0.2) is 36.7 Å². The lowest BCUT2D eigenvalue weighted by molar-refractivity contribution is -0.138. The van der Waals surface area contributed by atoms with E-state index < -0.39 is 11.9 Å². The van der Waals surface area contributed by atoms with Crippen LogP contribution in [0.1, 0.15) is 17.2 Å². The summed E-state index contributed by atoms with van der Waals surface area (Å²) in [5.74, 6) is -1.36. The Kier molecular flexibility index (Phi) is 4.53. The number of ether oxygens (including phenoxy) is 1. The summed E-state index contributed by atoms with van der Waals surface area (Å²) in [7, 11) is 1.47. The number of hydrogen-bond acceptors (Lipinski definition) is 4. The smallest absolute Gasteiger partial charge is 0.312 e. The van der Waals surface area contributed by atoms with Gasteiger partial charge in [0, 0.05) is 11.1 Å². The Morgan fingerprint density at radius 1 is 1.35 bits per heavy atom. The lowest BCUT2D eigenvalue weighted by Gasteiger charge is -2.12. The maximum Gasteiger partial charge on any atom is 0.312 e. The van der Waals surface area contributed by atoms with Crippen molar-refractivity contribution in [1.29, 1.82) is 0 Å². The van der Waals surface area contributed by atoms with Gasteiger partial charge >= 0.3 is 5.97 Å². The Morgan fingerprint density at radius 3 is 2.65 bits per heavy atom. The van der Waals surface area contributed by atoms with E-state index in [0.717, 1.165) is 5.56 Å². The number of methoxy groups -OCH3 is 1. The van der Waals surface area contributed by atoms with Crippen molar-refractivity contribution in [3.05, 3.63) is 52.9 Å². The van der Waals surface area contributed by atoms with Crippen molar-refractivity contribution < 1.29 is 14.6 Å². The van der Waals surface area contributed by atoms with Crippen molar-refractivity contribution in [2.45, 2.75) is 12.3 Å². The SMILES string of the molecule is COc1cc(C(Cc2ccc(Cl)cc2)C(=O)O)ncn1. The minimum absolute atomic E-state index is 0.326. The first kappa shape index (κ1) is 14.3. The molecule has 1 aromatic carbocycles. The molecule has 1 atom stereocenters. The first-order valence-corrected chi connectivity index (χ1v) is 6.31. The summed E-state index contributed by atoms with van der Waals surface area (Å²) < 4.78 is 4.99. The average molecular weight is 293 g/mol. The van der Waals surface area contributed by atoms with Gasteiger partial charge < -0.3 is 9.84 Å². The molecule has 1 unspecified atom stereocenters. The molecule has 5 nitrogen and oxygen atoms in total. The van der Waals surface area contributed by atoms with Gasteiger partial charge in [-0.2, -0.15) is 0 Å². The third kappa shape index (κ3) is 3.45. The Bertz CT molecular complexity index is 602. The maximum atomic E-state index is 11.4. The summed E-state index contributed by atoms with van der Waals surface area (Å²) in [4.78, 5) is 19.3. The first-order valence-electron chi connectivity index (χ1n) is 5.93. The molecule has 0 aliphatic rings. The summed E-state index contributed by atoms with van der Waals surface area (Å²) >= 11 is 5.81. The quantitative estimate of drug-likeness (QED) is 0.917. The number of benzene rings is 1. The standard InChI is InChI=1S/C14H13ClN2O3/c1-20-13-7-12(16-8-17-13)11(14(18)19)6-9-2-4-10(15)5-3-9/h2-5,7-8,11H,6H2,1H3,(H,18,19). The van der Waals surface area contributed by atoms with Crippen LogP contribution in [-0.4, -0.2) is 28.2 Å². The Balaban J connectivity index is 2.26. The second-order valence-electron chi connectivity index (χ2n) is 4.21. The molecular formula is C14H13ClN2O3. The normalized spacial score (nSPS) is 11.9. The van der Waals surface area contributed by atoms with E-state index in [0.29, 0.717) is 23.0 Å². The highest BCUT2D eigenvalue weighted by Gasteiger charge is 2.22. The highest BCUT2D eigenvalue weighted by atomic mass is 35.5. The zero-order chi connectivity index (χ0) is 14.5. The minimum atomic E-state index is -0.944. The van der Waals surface area contributed by atoms with Gasteiger partial charge in [0.05, 0.1) is 12.8 Å². The average Bonchev–Trinajstić information content (AvgIpc) is 2.46. The number of rotatable bonds is 5. The molecule has 0 spiro atoms. The number of carbonyl (C=O) groups is 1. The van der Waals surface area contributed by atoms with Gasteiger partial charge in [0.1, 0.15) is 12.2 Å². The fraction of sp³-hybridized carbons (Fsp3) is 0.214. The molecule has 1 heterocycles. The van der Waals surface area contributed by atoms with E-state index in [2.05, 4.69) is 9.97 Å². The summed E-state index contributed by atoms with van der Waals surface area (Å²) in [6.45, 7) is 0. The lowest BCUT2D eigenvalue weighted by Crippen LogP contribution is -2.16. The van der Waals surface area contributed by atoms with Crippen molar-refractivity contribution in [2.75, 3.05) is 7.11 Å². The molecule has 0 saturated carbocycles. The number of nitrogens with zero attached hydrogens (tertiary/aromatic N) is 2. The molecule has 0 amide bonds. The van der Waals surface area contributed by atoms with E-state index in [4.69, 9.17) is 16.3 Å². The van der Waals surface area contributed by atoms with Gasteiger partial charge in [-0.25, -0.2) is 9.97 Å². The van der Waals surface area contributed by atoms with Crippen LogP contribution >= 0.6 is 11.6 Å². The molecular weight excluding hydrogens is 280 g/mol. The van der Waals surface area contributed by atoms with Crippen LogP contribution in [-0.2, 0) is 11.2 Å². The van der Waals surface area contributed by atoms with Crippen LogP contribution in [0, 0.1) is 0 Å². The summed E-state index contributed by atoms with van der Waals surface area (Å²) in [6.07, 6.45) is 1.62. The van der Waals surface area contributed by atoms with Gasteiger partial charge in [0.15, 0.2) is 0 Å². The number of aromatic nitrogens is 2. The highest BCUT2D eigenvalue weighted by molar-refractivity contribution is 6.30. The molecule has 0 saturated heterocycles. The molecule has 0 bridgehead atoms. The molecule has 1 N–H and O–H groups in total. The van der Waals surface area contributed by atoms with Gasteiger partial charge in [-0.15, -0.1) is 0 Å². The van der Waals surface area contributed by atoms with Crippen molar-refractivity contribution in [3.8, 4) is 5.88 Å². The second kappa shape index (κ2) is 6.34. The Hall–Kier alpha value is -2.14. The fourth-order valence-electron chi connectivity index (χ4n) is 1.83. The highest BCUT2D eigenvalue weighted by Crippen LogP contribution is 2.22. The third-order valence-electron chi connectivity index (χ3n) is 2.88. The molecule has 0 aliphatic carbocycles. The van der Waals surface area contributed by atoms with E-state index in [-0.39, 0.29) is 0 Å². The lowest BCUT2D eigenvalue weighted by atomic mass is 9.96. The Morgan fingerprint density at radius 2 is 2.05 bits per heavy atom. The van der Waals surface area contributed by atoms with Crippen molar-refractivity contribution in [2.24, 2.45) is 0 Å². The van der Waals surface area contributed by atoms with Gasteiger partial charge in [-0.3, -0.25) is 4.79 Å². The number of halogens is 1. The largest absolute Gasteiger partial charge is 0.481 e. The summed E-state index contributed by atoms with van der Waals surface area (Å²) in [6, 6.07) is 8.61. The predicted octanol–water partition coefficient (Wildman–Crippen LogP) is 2.55. The van der Waals surface area contributed by atoms with E-state index in [1.54, 1.807) is 24.3 Å². The molecule has 2 aromatic rings. The zero-order valence-electron chi connectivity index (χ0n) is 10.8. The van der Waals surface area contributed by atoms with Crippen LogP contribution in [0.2, 0.25) is 5.02 Å². The number of hydrogen-bond donors (Lipinski definition) is 1. The number of carboxylic acids is 1. The Labute approximate surface area is 121 Å². The molecule has 20 heavy (non-hydrogen) atoms. The van der Waals surface area contributed by atoms with Gasteiger partial charge in [0.2, 0.25) is 5.88 Å². The van der Waals surface area contributed by atoms with Crippen LogP contribution in [0.4, 0.5) is 0 Å². The predicted molar refractivity (Wildman–Crippen MR) is 74.1 cm³/mol. The molecule has 0 aliphatic heterocycles. The number of carboxylic acid groups (broad SMARTS) is 1. The van der Waals surface area contributed by atoms with Gasteiger partial charge in [0.25, 0.3) is 0 Å². The van der Waals surface area contributed by atoms with E-state index >= 15 is 0 Å². The minimum Gasteiger partial charge on any atom is -0.481 e. The van der Waals surface area contributed by atoms with Crippen LogP contribution < -0.4 is 4.74 Å². The second-order valence-corrected chi connectivity index (χ2v) is 4.64. The molecule has 1 aromatic heterocycles. The van der Waals surface area contributed by atoms with E-state index in [1.807, 2.05) is 0 Å². The third-order valence-corrected chi connectivity index (χ3v) is 3.13. The molecule has 6 heteroatoms. The van der Waals surface area contributed by atoms with E-state index in [9.17, 15) is 9.90 Å². The van der Waals surface area contributed by atoms with Crippen molar-refractivity contribution >= 4 is 17.6 Å². The zero-order valence-corrected chi connectivity index (χ0v) is 11.5. The monoisotopic (exact) mass is 292 g/mol. The van der Waals surface area contributed by atoms with Crippen molar-refractivity contribution in [3.63, 3.8) is 0 Å².